The second-order valence-electron chi connectivity index (χ2n) is 37.1. The number of likely N-dealkylation sites (tertiary alicyclic amines) is 2. The minimum Gasteiger partial charge on any atom is -0.490 e. The lowest BCUT2D eigenvalue weighted by Gasteiger charge is -2.29. The summed E-state index contributed by atoms with van der Waals surface area (Å²) < 4.78 is 32.2. The molecule has 20 heteroatoms. The summed E-state index contributed by atoms with van der Waals surface area (Å²) in [5.74, 6) is -5.79. The molecule has 8 unspecified atom stereocenters. The van der Waals surface area contributed by atoms with Crippen molar-refractivity contribution >= 4 is 76.2 Å². The first-order valence-electron chi connectivity index (χ1n) is 48.8. The van der Waals surface area contributed by atoms with Crippen LogP contribution in [-0.2, 0) is 44.8 Å². The number of carbonyl (C=O) groups excluding carboxylic acids is 10. The Bertz CT molecular complexity index is 5120. The fourth-order valence-electron chi connectivity index (χ4n) is 19.9. The highest BCUT2D eigenvalue weighted by molar-refractivity contribution is 6.24. The molecule has 8 atom stereocenters. The van der Waals surface area contributed by atoms with E-state index in [0.29, 0.717) is 101 Å². The van der Waals surface area contributed by atoms with Crippen LogP contribution in [-0.4, -0.2) is 102 Å². The number of ether oxygens (including phenoxy) is 5. The topological polar surface area (TPSA) is 242 Å². The fraction of sp³-hybridized carbons (Fsp3) is 0.491. The van der Waals surface area contributed by atoms with Crippen molar-refractivity contribution < 1.29 is 71.6 Å². The van der Waals surface area contributed by atoms with Gasteiger partial charge < -0.3 is 29.0 Å². The molecule has 7 aromatic rings. The van der Waals surface area contributed by atoms with Crippen molar-refractivity contribution in [2.45, 2.75) is 266 Å². The zero-order valence-corrected chi connectivity index (χ0v) is 77.7. The smallest absolute Gasteiger partial charge is 0.343 e. The molecule has 0 radical (unpaired) electrons. The van der Waals surface area contributed by atoms with Gasteiger partial charge in [0.25, 0.3) is 5.91 Å². The fourth-order valence-corrected chi connectivity index (χ4v) is 19.9. The van der Waals surface area contributed by atoms with Crippen molar-refractivity contribution in [1.82, 2.24) is 9.80 Å². The van der Waals surface area contributed by atoms with Crippen LogP contribution < -0.4 is 38.8 Å². The number of fused-ring (bicyclic) bond motifs is 2. The Hall–Kier alpha value is -11.3. The molecule has 4 aliphatic heterocycles. The van der Waals surface area contributed by atoms with Gasteiger partial charge in [-0.2, -0.15) is 0 Å². The summed E-state index contributed by atoms with van der Waals surface area (Å²) in [5, 5.41) is 3.07. The number of nitrogens with zero attached hydrogens (tertiary/aromatic N) is 4. The molecular weight excluding hydrogens is 1630 g/mol. The number of rotatable bonds is 51. The van der Waals surface area contributed by atoms with E-state index in [9.17, 15) is 47.9 Å². The van der Waals surface area contributed by atoms with E-state index < -0.39 is 59.2 Å². The Morgan fingerprint density at radius 2 is 0.831 bits per heavy atom. The van der Waals surface area contributed by atoms with Crippen LogP contribution in [0.4, 0.5) is 17.1 Å². The van der Waals surface area contributed by atoms with Gasteiger partial charge in [-0.1, -0.05) is 272 Å². The predicted molar refractivity (Wildman–Crippen MR) is 510 cm³/mol. The van der Waals surface area contributed by atoms with Crippen LogP contribution in [0.5, 0.6) is 34.5 Å². The highest BCUT2D eigenvalue weighted by Gasteiger charge is 2.56. The average molecular weight is 1770 g/mol. The van der Waals surface area contributed by atoms with Gasteiger partial charge in [0.1, 0.15) is 17.2 Å². The van der Waals surface area contributed by atoms with Crippen LogP contribution in [0.2, 0.25) is 0 Å². The number of aryl methyl sites for hydroxylation is 1. The summed E-state index contributed by atoms with van der Waals surface area (Å²) in [6, 6.07) is 44.9. The van der Waals surface area contributed by atoms with E-state index in [1.165, 1.54) is 157 Å². The van der Waals surface area contributed by atoms with Crippen molar-refractivity contribution in [3.05, 3.63) is 197 Å². The molecule has 2 aliphatic carbocycles. The van der Waals surface area contributed by atoms with E-state index in [1.807, 2.05) is 87.5 Å². The second kappa shape index (κ2) is 47.5. The maximum absolute atomic E-state index is 14.9. The average Bonchev–Trinajstić information content (AvgIpc) is 1.60. The summed E-state index contributed by atoms with van der Waals surface area (Å²) >= 11 is 0. The number of carbonyl (C=O) groups is 10. The summed E-state index contributed by atoms with van der Waals surface area (Å²) in [5.41, 5.74) is 8.02. The summed E-state index contributed by atoms with van der Waals surface area (Å²) in [6.07, 6.45) is 40.7. The Balaban J connectivity index is 0.631. The maximum atomic E-state index is 14.9. The van der Waals surface area contributed by atoms with Gasteiger partial charge in [-0.25, -0.2) is 14.6 Å². The minimum absolute atomic E-state index is 0.0301. The molecule has 690 valence electrons. The lowest BCUT2D eigenvalue weighted by Crippen LogP contribution is -2.36. The van der Waals surface area contributed by atoms with Gasteiger partial charge in [0.2, 0.25) is 53.0 Å². The van der Waals surface area contributed by atoms with Crippen molar-refractivity contribution in [3.63, 3.8) is 0 Å². The number of anilines is 3. The van der Waals surface area contributed by atoms with E-state index >= 15 is 0 Å². The molecule has 20 nitrogen and oxygen atoms in total. The standard InChI is InChI=1S/C110H135N5O15/c1-8-11-14-17-20-23-26-29-32-35-58-126-96-70-85(71-97(127-59-36-33-30-27-24-21-18-15-12-9-2)102(96)128-60-37-34-31-28-25-22-19-16-13-10-3)110(125)130-91-52-46-86(47-53-91)111-103(118)84-65-80(78-41-38-40-74(4)61-78)64-81(66-84)79-42-39-43-88(67-79)115-107(122)95-69-83(63-76(6)101(95)109(115)124)93-73-99(117)113(105(93)120)57-56-77-44-50-89(51-45-77)129-90-54-48-87(49-55-90)114-106(121)94-68-82(62-75(5)100(94)108(114)123)92-72-98(116)112(7)104(92)119/h38-55,61-67,70-71,82-83,92-95,100-101H,8-37,56-60,68-69,72-73H2,1-7H3,(H,111,118). The molecule has 7 aromatic carbocycles. The van der Waals surface area contributed by atoms with Crippen LogP contribution in [0.3, 0.4) is 0 Å². The maximum Gasteiger partial charge on any atom is 0.343 e. The van der Waals surface area contributed by atoms with Gasteiger partial charge in [0.15, 0.2) is 11.5 Å². The highest BCUT2D eigenvalue weighted by Crippen LogP contribution is 2.50. The zero-order valence-electron chi connectivity index (χ0n) is 77.7. The third-order valence-corrected chi connectivity index (χ3v) is 27.3. The van der Waals surface area contributed by atoms with Crippen molar-refractivity contribution in [2.24, 2.45) is 47.3 Å². The lowest BCUT2D eigenvalue weighted by atomic mass is 9.71. The SMILES string of the molecule is CCCCCCCCCCCCOc1cc(C(=O)Oc2ccc(NC(=O)c3cc(-c4cccc(C)c4)cc(-c4cccc(N5C(=O)C6CC(C7CC(=O)N(CCc8ccc(Oc9ccc(N%10C(=O)C%11CC(C%12CC(=O)N(C)C%12=O)C=C(C)C%11C%10=O)cc9)cc8)C7=O)C=C(C)C6C5=O)c4)c3)cc2)cc(OCCCCCCCCCCCC)c1OCCCCCCCCCCCC. The largest absolute Gasteiger partial charge is 0.490 e. The van der Waals surface area contributed by atoms with E-state index in [1.54, 1.807) is 97.1 Å². The first-order chi connectivity index (χ1) is 63.2. The number of imide groups is 4. The molecule has 4 saturated heterocycles. The normalized spacial score (nSPS) is 19.6. The Morgan fingerprint density at radius 3 is 1.32 bits per heavy atom. The number of hydrogen-bond donors (Lipinski definition) is 1. The van der Waals surface area contributed by atoms with Crippen molar-refractivity contribution in [2.75, 3.05) is 48.5 Å². The molecule has 1 N–H and O–H groups in total. The van der Waals surface area contributed by atoms with E-state index in [0.717, 1.165) is 90.5 Å². The third kappa shape index (κ3) is 24.9. The van der Waals surface area contributed by atoms with E-state index in [4.69, 9.17) is 23.7 Å². The van der Waals surface area contributed by atoms with Crippen molar-refractivity contribution in [3.8, 4) is 56.8 Å². The third-order valence-electron chi connectivity index (χ3n) is 27.3. The van der Waals surface area contributed by atoms with Crippen molar-refractivity contribution in [1.29, 1.82) is 0 Å². The molecule has 9 amide bonds. The lowest BCUT2D eigenvalue weighted by molar-refractivity contribution is -0.140. The Labute approximate surface area is 769 Å². The molecule has 13 rings (SSSR count). The number of amides is 9. The molecule has 0 saturated carbocycles. The number of esters is 1. The summed E-state index contributed by atoms with van der Waals surface area (Å²) in [6.45, 7) is 14.0. The molecular formula is C110H135N5O15. The number of benzene rings is 7. The van der Waals surface area contributed by atoms with E-state index in [-0.39, 0.29) is 84.4 Å². The summed E-state index contributed by atoms with van der Waals surface area (Å²) in [7, 11) is 1.47. The number of nitrogens with one attached hydrogen (secondary N) is 1. The predicted octanol–water partition coefficient (Wildman–Crippen LogP) is 24.3. The van der Waals surface area contributed by atoms with Crippen LogP contribution in [0, 0.1) is 54.3 Å². The monoisotopic (exact) mass is 1770 g/mol. The van der Waals surface area contributed by atoms with Gasteiger partial charge in [0.05, 0.1) is 72.3 Å². The molecule has 0 bridgehead atoms. The van der Waals surface area contributed by atoms with Crippen LogP contribution in [0.1, 0.15) is 285 Å². The molecule has 0 spiro atoms. The highest BCUT2D eigenvalue weighted by atomic mass is 16.5. The minimum atomic E-state index is -0.772. The Kier molecular flexibility index (Phi) is 35.2. The first-order valence-corrected chi connectivity index (χ1v) is 48.8. The van der Waals surface area contributed by atoms with Gasteiger partial charge >= 0.3 is 5.97 Å². The van der Waals surface area contributed by atoms with Gasteiger partial charge in [-0.05, 0) is 202 Å². The van der Waals surface area contributed by atoms with E-state index in [2.05, 4.69) is 26.1 Å². The number of unbranched alkanes of at least 4 members (excludes halogenated alkanes) is 27. The molecule has 4 heterocycles. The molecule has 6 aliphatic rings. The molecule has 130 heavy (non-hydrogen) atoms. The number of hydrogen-bond acceptors (Lipinski definition) is 15. The van der Waals surface area contributed by atoms with Gasteiger partial charge in [0, 0.05) is 37.7 Å². The van der Waals surface area contributed by atoms with Crippen LogP contribution >= 0.6 is 0 Å². The Morgan fingerprint density at radius 1 is 0.392 bits per heavy atom. The first kappa shape index (κ1) is 96.3. The molecule has 4 fully saturated rings. The quantitative estimate of drug-likeness (QED) is 0.0123. The zero-order chi connectivity index (χ0) is 91.6. The van der Waals surface area contributed by atoms with Crippen LogP contribution in [0.25, 0.3) is 22.3 Å². The van der Waals surface area contributed by atoms with Crippen LogP contribution in [0.15, 0.2) is 175 Å². The van der Waals surface area contributed by atoms with Gasteiger partial charge in [-0.15, -0.1) is 0 Å². The summed E-state index contributed by atoms with van der Waals surface area (Å²) in [4.78, 5) is 145. The van der Waals surface area contributed by atoms with Gasteiger partial charge in [-0.3, -0.25) is 53.0 Å². The number of allylic oxidation sites excluding steroid dienone is 2. The molecule has 0 aromatic heterocycles. The second-order valence-corrected chi connectivity index (χ2v) is 37.1.